The number of anilines is 1. The van der Waals surface area contributed by atoms with Crippen LogP contribution in [0, 0.1) is 0 Å². The predicted octanol–water partition coefficient (Wildman–Crippen LogP) is 2.52. The molecule has 0 saturated carbocycles. The third-order valence-electron chi connectivity index (χ3n) is 7.93. The number of β-amino-alcohol motifs (C(OH)–C–C–N with tert-alkyl or cyclic N) is 1. The summed E-state index contributed by atoms with van der Waals surface area (Å²) in [4.78, 5) is 18.5. The number of carbonyl (C=O) groups excluding carboxylic acids is 1. The number of carbonyl (C=O) groups is 1. The first kappa shape index (κ1) is 23.3. The van der Waals surface area contributed by atoms with Gasteiger partial charge in [0.05, 0.1) is 18.3 Å². The average molecular weight is 446 g/mol. The number of nitrogens with zero attached hydrogens (tertiary/aromatic N) is 3. The molecule has 7 heteroatoms. The Morgan fingerprint density at radius 2 is 1.81 bits per heavy atom. The lowest BCUT2D eigenvalue weighted by molar-refractivity contribution is -0.149. The molecule has 0 aliphatic carbocycles. The molecule has 3 fully saturated rings. The minimum absolute atomic E-state index is 0.108. The Morgan fingerprint density at radius 3 is 2.41 bits per heavy atom. The van der Waals surface area contributed by atoms with Crippen molar-refractivity contribution in [1.82, 2.24) is 9.80 Å². The Kier molecular flexibility index (Phi) is 6.98. The molecule has 32 heavy (non-hydrogen) atoms. The van der Waals surface area contributed by atoms with Gasteiger partial charge in [-0.3, -0.25) is 4.79 Å². The Morgan fingerprint density at radius 1 is 1.16 bits per heavy atom. The number of benzene rings is 1. The molecule has 0 radical (unpaired) electrons. The van der Waals surface area contributed by atoms with Crippen molar-refractivity contribution in [3.05, 3.63) is 24.3 Å². The van der Waals surface area contributed by atoms with Gasteiger partial charge in [0.2, 0.25) is 5.91 Å². The zero-order chi connectivity index (χ0) is 22.8. The molecule has 3 heterocycles. The van der Waals surface area contributed by atoms with Crippen molar-refractivity contribution in [3.8, 4) is 5.75 Å². The lowest BCUT2D eigenvalue weighted by Crippen LogP contribution is -2.57. The molecule has 1 aromatic carbocycles. The van der Waals surface area contributed by atoms with Crippen molar-refractivity contribution in [2.75, 3.05) is 58.4 Å². The first-order valence-electron chi connectivity index (χ1n) is 12.0. The van der Waals surface area contributed by atoms with Gasteiger partial charge in [0.25, 0.3) is 0 Å². The number of piperidine rings is 2. The summed E-state index contributed by atoms with van der Waals surface area (Å²) in [6.07, 6.45) is 5.36. The molecule has 7 nitrogen and oxygen atoms in total. The van der Waals surface area contributed by atoms with E-state index in [1.165, 1.54) is 5.69 Å². The molecule has 0 aromatic heterocycles. The van der Waals surface area contributed by atoms with E-state index in [0.717, 1.165) is 83.6 Å². The maximum absolute atomic E-state index is 11.8. The van der Waals surface area contributed by atoms with Crippen LogP contribution in [0.2, 0.25) is 0 Å². The number of hydrogen-bond donors (Lipinski definition) is 1. The van der Waals surface area contributed by atoms with E-state index in [1.54, 1.807) is 14.0 Å². The number of aliphatic hydroxyl groups is 1. The number of rotatable bonds is 5. The van der Waals surface area contributed by atoms with Gasteiger partial charge in [-0.1, -0.05) is 0 Å². The van der Waals surface area contributed by atoms with Crippen LogP contribution in [-0.2, 0) is 9.53 Å². The SMILES string of the molecule is COc1ccc(N2CCC(O)(CN3CCC4(CC3)CC(N(C)C(C)=O)CCO4)CC2)cc1. The second-order valence-corrected chi connectivity index (χ2v) is 9.99. The molecule has 1 spiro atoms. The zero-order valence-electron chi connectivity index (χ0n) is 19.9. The highest BCUT2D eigenvalue weighted by molar-refractivity contribution is 5.73. The standard InChI is InChI=1S/C25H39N3O4/c1-20(29)26(2)22-8-17-32-25(18-22)11-13-27(14-12-25)19-24(30)9-15-28(16-10-24)21-4-6-23(31-3)7-5-21/h4-7,22,30H,8-19H2,1-3H3. The van der Waals surface area contributed by atoms with Gasteiger partial charge in [0.15, 0.2) is 0 Å². The van der Waals surface area contributed by atoms with Crippen LogP contribution in [-0.4, -0.2) is 91.5 Å². The third kappa shape index (κ3) is 5.21. The molecule has 1 aromatic rings. The molecule has 3 saturated heterocycles. The number of methoxy groups -OCH3 is 1. The molecule has 0 bridgehead atoms. The van der Waals surface area contributed by atoms with E-state index in [2.05, 4.69) is 21.9 Å². The van der Waals surface area contributed by atoms with Gasteiger partial charge < -0.3 is 29.3 Å². The van der Waals surface area contributed by atoms with Crippen LogP contribution in [0.25, 0.3) is 0 Å². The number of hydrogen-bond acceptors (Lipinski definition) is 6. The molecular formula is C25H39N3O4. The summed E-state index contributed by atoms with van der Waals surface area (Å²) in [5, 5.41) is 11.3. The van der Waals surface area contributed by atoms with Crippen molar-refractivity contribution in [2.24, 2.45) is 0 Å². The van der Waals surface area contributed by atoms with E-state index in [-0.39, 0.29) is 17.6 Å². The molecule has 3 aliphatic heterocycles. The van der Waals surface area contributed by atoms with E-state index in [9.17, 15) is 9.90 Å². The van der Waals surface area contributed by atoms with Gasteiger partial charge in [-0.2, -0.15) is 0 Å². The normalized spacial score (nSPS) is 25.5. The van der Waals surface area contributed by atoms with Crippen molar-refractivity contribution in [2.45, 2.75) is 62.7 Å². The molecule has 1 atom stereocenters. The van der Waals surface area contributed by atoms with Crippen molar-refractivity contribution < 1.29 is 19.4 Å². The predicted molar refractivity (Wildman–Crippen MR) is 125 cm³/mol. The first-order chi connectivity index (χ1) is 15.3. The molecule has 1 unspecified atom stereocenters. The van der Waals surface area contributed by atoms with Gasteiger partial charge in [0.1, 0.15) is 5.75 Å². The molecular weight excluding hydrogens is 406 g/mol. The zero-order valence-corrected chi connectivity index (χ0v) is 19.9. The van der Waals surface area contributed by atoms with Crippen molar-refractivity contribution >= 4 is 11.6 Å². The fourth-order valence-corrected chi connectivity index (χ4v) is 5.61. The number of ether oxygens (including phenoxy) is 2. The van der Waals surface area contributed by atoms with Crippen LogP contribution < -0.4 is 9.64 Å². The van der Waals surface area contributed by atoms with Crippen molar-refractivity contribution in [3.63, 3.8) is 0 Å². The van der Waals surface area contributed by atoms with Crippen LogP contribution in [0.4, 0.5) is 5.69 Å². The fraction of sp³-hybridized carbons (Fsp3) is 0.720. The summed E-state index contributed by atoms with van der Waals surface area (Å²) < 4.78 is 11.5. The summed E-state index contributed by atoms with van der Waals surface area (Å²) in [6, 6.07) is 8.44. The van der Waals surface area contributed by atoms with E-state index in [0.29, 0.717) is 0 Å². The number of amides is 1. The van der Waals surface area contributed by atoms with E-state index in [4.69, 9.17) is 9.47 Å². The average Bonchev–Trinajstić information content (AvgIpc) is 2.81. The summed E-state index contributed by atoms with van der Waals surface area (Å²) >= 11 is 0. The topological polar surface area (TPSA) is 65.5 Å². The number of likely N-dealkylation sites (tertiary alicyclic amines) is 1. The maximum atomic E-state index is 11.8. The summed E-state index contributed by atoms with van der Waals surface area (Å²) in [7, 11) is 3.59. The lowest BCUT2D eigenvalue weighted by atomic mass is 9.81. The van der Waals surface area contributed by atoms with E-state index >= 15 is 0 Å². The summed E-state index contributed by atoms with van der Waals surface area (Å²) in [5.74, 6) is 0.999. The van der Waals surface area contributed by atoms with E-state index in [1.807, 2.05) is 24.1 Å². The summed E-state index contributed by atoms with van der Waals surface area (Å²) in [6.45, 7) is 6.72. The molecule has 178 valence electrons. The second-order valence-electron chi connectivity index (χ2n) is 9.99. The van der Waals surface area contributed by atoms with Crippen molar-refractivity contribution in [1.29, 1.82) is 0 Å². The monoisotopic (exact) mass is 445 g/mol. The van der Waals surface area contributed by atoms with Crippen LogP contribution in [0.3, 0.4) is 0 Å². The molecule has 1 N–H and O–H groups in total. The first-order valence-corrected chi connectivity index (χ1v) is 12.0. The quantitative estimate of drug-likeness (QED) is 0.751. The highest BCUT2D eigenvalue weighted by Crippen LogP contribution is 2.37. The fourth-order valence-electron chi connectivity index (χ4n) is 5.61. The Hall–Kier alpha value is -1.83. The van der Waals surface area contributed by atoms with Crippen LogP contribution in [0.5, 0.6) is 5.75 Å². The van der Waals surface area contributed by atoms with Gasteiger partial charge in [-0.25, -0.2) is 0 Å². The van der Waals surface area contributed by atoms with Crippen LogP contribution in [0.1, 0.15) is 45.4 Å². The highest BCUT2D eigenvalue weighted by Gasteiger charge is 2.43. The third-order valence-corrected chi connectivity index (χ3v) is 7.93. The molecule has 3 aliphatic rings. The van der Waals surface area contributed by atoms with Gasteiger partial charge in [-0.05, 0) is 62.8 Å². The maximum Gasteiger partial charge on any atom is 0.219 e. The Bertz CT molecular complexity index is 768. The lowest BCUT2D eigenvalue weighted by Gasteiger charge is -2.49. The summed E-state index contributed by atoms with van der Waals surface area (Å²) in [5.41, 5.74) is 0.453. The highest BCUT2D eigenvalue weighted by atomic mass is 16.5. The minimum atomic E-state index is -0.627. The Labute approximate surface area is 192 Å². The van der Waals surface area contributed by atoms with Crippen LogP contribution >= 0.6 is 0 Å². The smallest absolute Gasteiger partial charge is 0.219 e. The van der Waals surface area contributed by atoms with E-state index < -0.39 is 5.60 Å². The minimum Gasteiger partial charge on any atom is -0.497 e. The largest absolute Gasteiger partial charge is 0.497 e. The Balaban J connectivity index is 1.26. The van der Waals surface area contributed by atoms with Gasteiger partial charge >= 0.3 is 0 Å². The molecule has 1 amide bonds. The van der Waals surface area contributed by atoms with Crippen LogP contribution in [0.15, 0.2) is 24.3 Å². The second kappa shape index (κ2) is 9.57. The molecule has 4 rings (SSSR count). The van der Waals surface area contributed by atoms with Gasteiger partial charge in [-0.15, -0.1) is 0 Å². The van der Waals surface area contributed by atoms with Gasteiger partial charge in [0, 0.05) is 65.0 Å².